The van der Waals surface area contributed by atoms with Gasteiger partial charge in [0.05, 0.1) is 6.04 Å². The molecule has 0 aromatic heterocycles. The van der Waals surface area contributed by atoms with Crippen LogP contribution in [0.2, 0.25) is 0 Å². The van der Waals surface area contributed by atoms with E-state index in [1.807, 2.05) is 37.3 Å². The summed E-state index contributed by atoms with van der Waals surface area (Å²) < 4.78 is 27.9. The van der Waals surface area contributed by atoms with Crippen molar-refractivity contribution in [1.82, 2.24) is 9.44 Å². The largest absolute Gasteiger partial charge is 0.277 e. The number of rotatable bonds is 2. The van der Waals surface area contributed by atoms with E-state index in [2.05, 4.69) is 9.44 Å². The molecular weight excluding hydrogens is 212 g/mol. The number of hydrogen-bond acceptors (Lipinski definition) is 2. The summed E-state index contributed by atoms with van der Waals surface area (Å²) >= 11 is 0. The monoisotopic (exact) mass is 226 g/mol. The van der Waals surface area contributed by atoms with Crippen LogP contribution < -0.4 is 9.44 Å². The van der Waals surface area contributed by atoms with E-state index in [1.165, 1.54) is 0 Å². The lowest BCUT2D eigenvalue weighted by molar-refractivity contribution is 0.514. The standard InChI is InChI=1S/C10H14N2O2S/c1-2-9-10(12-15(13,14)11-9)8-6-4-3-5-7-8/h3-7,9-12H,2H2,1H3/t9-,10+/m0/s1. The van der Waals surface area contributed by atoms with E-state index in [4.69, 9.17) is 0 Å². The zero-order valence-electron chi connectivity index (χ0n) is 8.47. The van der Waals surface area contributed by atoms with Crippen molar-refractivity contribution in [3.8, 4) is 0 Å². The van der Waals surface area contributed by atoms with Crippen LogP contribution in [-0.4, -0.2) is 14.5 Å². The summed E-state index contributed by atoms with van der Waals surface area (Å²) in [6.07, 6.45) is 0.770. The second-order valence-corrected chi connectivity index (χ2v) is 5.12. The summed E-state index contributed by atoms with van der Waals surface area (Å²) in [6.45, 7) is 1.97. The molecule has 0 spiro atoms. The Morgan fingerprint density at radius 2 is 1.87 bits per heavy atom. The van der Waals surface area contributed by atoms with Gasteiger partial charge in [-0.3, -0.25) is 0 Å². The maximum absolute atomic E-state index is 11.4. The molecule has 2 rings (SSSR count). The molecule has 2 N–H and O–H groups in total. The van der Waals surface area contributed by atoms with Gasteiger partial charge in [0.2, 0.25) is 0 Å². The third-order valence-corrected chi connectivity index (χ3v) is 3.77. The predicted molar refractivity (Wildman–Crippen MR) is 58.5 cm³/mol. The first-order valence-electron chi connectivity index (χ1n) is 4.97. The first-order valence-corrected chi connectivity index (χ1v) is 6.45. The highest BCUT2D eigenvalue weighted by Gasteiger charge is 2.35. The van der Waals surface area contributed by atoms with Crippen LogP contribution in [0.3, 0.4) is 0 Å². The Kier molecular flexibility index (Phi) is 2.77. The topological polar surface area (TPSA) is 58.2 Å². The van der Waals surface area contributed by atoms with Crippen molar-refractivity contribution < 1.29 is 8.42 Å². The fourth-order valence-electron chi connectivity index (χ4n) is 1.83. The van der Waals surface area contributed by atoms with Crippen LogP contribution in [0.25, 0.3) is 0 Å². The minimum Gasteiger partial charge on any atom is -0.197 e. The molecule has 1 aromatic rings. The van der Waals surface area contributed by atoms with E-state index in [1.54, 1.807) is 0 Å². The van der Waals surface area contributed by atoms with Gasteiger partial charge in [-0.25, -0.2) is 0 Å². The van der Waals surface area contributed by atoms with Crippen LogP contribution in [-0.2, 0) is 10.2 Å². The lowest BCUT2D eigenvalue weighted by Gasteiger charge is -2.15. The molecule has 1 aliphatic rings. The van der Waals surface area contributed by atoms with E-state index >= 15 is 0 Å². The molecule has 5 heteroatoms. The van der Waals surface area contributed by atoms with Crippen molar-refractivity contribution in [2.75, 3.05) is 0 Å². The fraction of sp³-hybridized carbons (Fsp3) is 0.400. The number of benzene rings is 1. The van der Waals surface area contributed by atoms with Crippen LogP contribution in [0.4, 0.5) is 0 Å². The lowest BCUT2D eigenvalue weighted by atomic mass is 9.99. The maximum Gasteiger partial charge on any atom is 0.277 e. The van der Waals surface area contributed by atoms with E-state index in [0.29, 0.717) is 0 Å². The molecule has 0 aliphatic carbocycles. The molecule has 0 unspecified atom stereocenters. The van der Waals surface area contributed by atoms with Gasteiger partial charge in [-0.1, -0.05) is 37.3 Å². The first-order chi connectivity index (χ1) is 7.12. The Balaban J connectivity index is 2.30. The molecule has 0 saturated carbocycles. The van der Waals surface area contributed by atoms with Crippen LogP contribution in [0.15, 0.2) is 30.3 Å². The zero-order chi connectivity index (χ0) is 10.9. The summed E-state index contributed by atoms with van der Waals surface area (Å²) in [5, 5.41) is 0. The van der Waals surface area contributed by atoms with E-state index in [-0.39, 0.29) is 12.1 Å². The van der Waals surface area contributed by atoms with Gasteiger partial charge < -0.3 is 0 Å². The molecule has 82 valence electrons. The molecule has 0 bridgehead atoms. The molecule has 1 heterocycles. The summed E-state index contributed by atoms with van der Waals surface area (Å²) in [5.41, 5.74) is 0.998. The molecule has 0 radical (unpaired) electrons. The maximum atomic E-state index is 11.4. The molecule has 1 saturated heterocycles. The molecule has 1 aromatic carbocycles. The predicted octanol–water partition coefficient (Wildman–Crippen LogP) is 0.944. The van der Waals surface area contributed by atoms with Gasteiger partial charge in [0.1, 0.15) is 0 Å². The number of nitrogens with one attached hydrogen (secondary N) is 2. The van der Waals surface area contributed by atoms with Crippen LogP contribution >= 0.6 is 0 Å². The third-order valence-electron chi connectivity index (χ3n) is 2.59. The van der Waals surface area contributed by atoms with Crippen LogP contribution in [0, 0.1) is 0 Å². The van der Waals surface area contributed by atoms with E-state index < -0.39 is 10.2 Å². The van der Waals surface area contributed by atoms with Crippen LogP contribution in [0.5, 0.6) is 0 Å². The highest BCUT2D eigenvalue weighted by molar-refractivity contribution is 7.87. The van der Waals surface area contributed by atoms with Gasteiger partial charge in [0.25, 0.3) is 10.2 Å². The summed E-state index contributed by atoms with van der Waals surface area (Å²) in [7, 11) is -3.30. The van der Waals surface area contributed by atoms with Crippen molar-refractivity contribution in [2.24, 2.45) is 0 Å². The van der Waals surface area contributed by atoms with E-state index in [0.717, 1.165) is 12.0 Å². The van der Waals surface area contributed by atoms with Gasteiger partial charge in [-0.05, 0) is 12.0 Å². The normalized spacial score (nSPS) is 29.1. The van der Waals surface area contributed by atoms with Crippen molar-refractivity contribution in [3.63, 3.8) is 0 Å². The van der Waals surface area contributed by atoms with Gasteiger partial charge in [-0.15, -0.1) is 0 Å². The minimum atomic E-state index is -3.30. The molecule has 0 amide bonds. The Morgan fingerprint density at radius 3 is 2.47 bits per heavy atom. The second-order valence-electron chi connectivity index (χ2n) is 3.64. The molecule has 4 nitrogen and oxygen atoms in total. The van der Waals surface area contributed by atoms with Gasteiger partial charge in [0.15, 0.2) is 0 Å². The average Bonchev–Trinajstić information content (AvgIpc) is 2.55. The highest BCUT2D eigenvalue weighted by atomic mass is 32.2. The Labute approximate surface area is 89.9 Å². The van der Waals surface area contributed by atoms with Crippen LogP contribution in [0.1, 0.15) is 24.9 Å². The quantitative estimate of drug-likeness (QED) is 0.788. The summed E-state index contributed by atoms with van der Waals surface area (Å²) in [6, 6.07) is 9.40. The number of hydrogen-bond donors (Lipinski definition) is 2. The van der Waals surface area contributed by atoms with Gasteiger partial charge >= 0.3 is 0 Å². The molecular formula is C10H14N2O2S. The zero-order valence-corrected chi connectivity index (χ0v) is 9.29. The van der Waals surface area contributed by atoms with Crippen molar-refractivity contribution in [1.29, 1.82) is 0 Å². The smallest absolute Gasteiger partial charge is 0.197 e. The molecule has 2 atom stereocenters. The van der Waals surface area contributed by atoms with Crippen molar-refractivity contribution in [2.45, 2.75) is 25.4 Å². The van der Waals surface area contributed by atoms with Crippen molar-refractivity contribution in [3.05, 3.63) is 35.9 Å². The molecule has 1 aliphatic heterocycles. The summed E-state index contributed by atoms with van der Waals surface area (Å²) in [5.74, 6) is 0. The minimum absolute atomic E-state index is 0.0580. The second kappa shape index (κ2) is 3.92. The Hall–Kier alpha value is -0.910. The third kappa shape index (κ3) is 2.19. The average molecular weight is 226 g/mol. The molecule has 15 heavy (non-hydrogen) atoms. The molecule has 1 fully saturated rings. The summed E-state index contributed by atoms with van der Waals surface area (Å²) in [4.78, 5) is 0. The highest BCUT2D eigenvalue weighted by Crippen LogP contribution is 2.24. The van der Waals surface area contributed by atoms with Crippen molar-refractivity contribution >= 4 is 10.2 Å². The van der Waals surface area contributed by atoms with E-state index in [9.17, 15) is 8.42 Å². The lowest BCUT2D eigenvalue weighted by Crippen LogP contribution is -2.27. The fourth-order valence-corrected chi connectivity index (χ4v) is 3.23. The SMILES string of the molecule is CC[C@@H]1NS(=O)(=O)N[C@@H]1c1ccccc1. The van der Waals surface area contributed by atoms with Gasteiger partial charge in [-0.2, -0.15) is 17.9 Å². The first kappa shape index (κ1) is 10.6. The van der Waals surface area contributed by atoms with Gasteiger partial charge in [0, 0.05) is 6.04 Å². The Morgan fingerprint density at radius 1 is 1.20 bits per heavy atom. The Bertz CT molecular complexity index is 430.